The number of aryl methyl sites for hydroxylation is 1. The lowest BCUT2D eigenvalue weighted by Gasteiger charge is -2.27. The summed E-state index contributed by atoms with van der Waals surface area (Å²) in [7, 11) is 0. The Bertz CT molecular complexity index is 444. The van der Waals surface area contributed by atoms with Gasteiger partial charge in [0.1, 0.15) is 11.6 Å². The van der Waals surface area contributed by atoms with Crippen LogP contribution in [0.2, 0.25) is 0 Å². The summed E-state index contributed by atoms with van der Waals surface area (Å²) in [5, 5.41) is 18.5. The van der Waals surface area contributed by atoms with Crippen molar-refractivity contribution < 1.29 is 24.1 Å². The summed E-state index contributed by atoms with van der Waals surface area (Å²) in [6.07, 6.45) is -2.14. The highest BCUT2D eigenvalue weighted by atomic mass is 19.1. The highest BCUT2D eigenvalue weighted by Crippen LogP contribution is 2.36. The summed E-state index contributed by atoms with van der Waals surface area (Å²) < 4.78 is 18.4. The molecular weight excluding hydrogens is 215 g/mol. The van der Waals surface area contributed by atoms with Crippen LogP contribution in [0.4, 0.5) is 4.39 Å². The molecule has 0 aliphatic carbocycles. The smallest absolute Gasteiger partial charge is 0.345 e. The van der Waals surface area contributed by atoms with Crippen molar-refractivity contribution in [2.45, 2.75) is 25.6 Å². The van der Waals surface area contributed by atoms with E-state index in [-0.39, 0.29) is 12.2 Å². The predicted octanol–water partition coefficient (Wildman–Crippen LogP) is 1.40. The highest BCUT2D eigenvalue weighted by molar-refractivity contribution is 5.73. The predicted molar refractivity (Wildman–Crippen MR) is 52.8 cm³/mol. The van der Waals surface area contributed by atoms with Crippen molar-refractivity contribution in [1.29, 1.82) is 0 Å². The largest absolute Gasteiger partial charge is 0.479 e. The number of hydrogen-bond acceptors (Lipinski definition) is 3. The number of halogens is 1. The van der Waals surface area contributed by atoms with Gasteiger partial charge in [0.2, 0.25) is 0 Å². The number of aliphatic carboxylic acids is 1. The minimum Gasteiger partial charge on any atom is -0.479 e. The topological polar surface area (TPSA) is 66.8 Å². The Hall–Kier alpha value is -1.62. The molecule has 16 heavy (non-hydrogen) atoms. The number of carbonyl (C=O) groups is 1. The molecule has 86 valence electrons. The van der Waals surface area contributed by atoms with Crippen LogP contribution in [0.15, 0.2) is 12.1 Å². The second-order valence-corrected chi connectivity index (χ2v) is 3.84. The molecule has 0 saturated carbocycles. The maximum Gasteiger partial charge on any atom is 0.345 e. The van der Waals surface area contributed by atoms with E-state index in [2.05, 4.69) is 0 Å². The lowest BCUT2D eigenvalue weighted by Crippen LogP contribution is -2.33. The number of benzene rings is 1. The van der Waals surface area contributed by atoms with Gasteiger partial charge in [0.15, 0.2) is 6.10 Å². The zero-order valence-electron chi connectivity index (χ0n) is 8.61. The van der Waals surface area contributed by atoms with Gasteiger partial charge in [-0.2, -0.15) is 0 Å². The SMILES string of the molecule is Cc1cc2c(cc1F)[C@H](O)C[C@@H](C(=O)O)O2. The molecule has 1 aromatic carbocycles. The summed E-state index contributed by atoms with van der Waals surface area (Å²) >= 11 is 0. The summed E-state index contributed by atoms with van der Waals surface area (Å²) in [5.41, 5.74) is 0.664. The lowest BCUT2D eigenvalue weighted by atomic mass is 9.97. The van der Waals surface area contributed by atoms with Gasteiger partial charge in [-0.1, -0.05) is 0 Å². The average Bonchev–Trinajstić information content (AvgIpc) is 2.20. The fraction of sp³-hybridized carbons (Fsp3) is 0.364. The van der Waals surface area contributed by atoms with Crippen molar-refractivity contribution in [2.75, 3.05) is 0 Å². The number of hydrogen-bond donors (Lipinski definition) is 2. The molecule has 4 nitrogen and oxygen atoms in total. The Morgan fingerprint density at radius 1 is 1.56 bits per heavy atom. The summed E-state index contributed by atoms with van der Waals surface area (Å²) in [6.45, 7) is 1.55. The highest BCUT2D eigenvalue weighted by Gasteiger charge is 2.32. The molecule has 2 N–H and O–H groups in total. The van der Waals surface area contributed by atoms with Crippen molar-refractivity contribution in [3.8, 4) is 5.75 Å². The summed E-state index contributed by atoms with van der Waals surface area (Å²) in [5.74, 6) is -1.33. The molecule has 0 spiro atoms. The number of rotatable bonds is 1. The van der Waals surface area contributed by atoms with E-state index in [9.17, 15) is 14.3 Å². The molecule has 1 aromatic rings. The summed E-state index contributed by atoms with van der Waals surface area (Å²) in [4.78, 5) is 10.8. The first-order chi connectivity index (χ1) is 7.49. The van der Waals surface area contributed by atoms with E-state index in [4.69, 9.17) is 9.84 Å². The third-order valence-corrected chi connectivity index (χ3v) is 2.63. The number of aliphatic hydroxyl groups is 1. The standard InChI is InChI=1S/C11H11FO4/c1-5-2-9-6(3-7(5)12)8(13)4-10(16-9)11(14)15/h2-3,8,10,13H,4H2,1H3,(H,14,15)/t8-,10+/m1/s1. The fourth-order valence-corrected chi connectivity index (χ4v) is 1.72. The van der Waals surface area contributed by atoms with Gasteiger partial charge in [-0.15, -0.1) is 0 Å². The minimum absolute atomic E-state index is 0.0646. The first kappa shape index (κ1) is 10.9. The van der Waals surface area contributed by atoms with Crippen LogP contribution in [0.5, 0.6) is 5.75 Å². The quantitative estimate of drug-likeness (QED) is 0.759. The molecule has 0 radical (unpaired) electrons. The van der Waals surface area contributed by atoms with Gasteiger partial charge in [-0.05, 0) is 24.6 Å². The Balaban J connectivity index is 2.42. The van der Waals surface area contributed by atoms with Crippen LogP contribution in [0.25, 0.3) is 0 Å². The molecule has 1 aliphatic rings. The molecule has 0 amide bonds. The molecule has 2 rings (SSSR count). The van der Waals surface area contributed by atoms with Crippen LogP contribution in [0.1, 0.15) is 23.7 Å². The molecular formula is C11H11FO4. The molecule has 5 heteroatoms. The van der Waals surface area contributed by atoms with E-state index in [0.29, 0.717) is 11.1 Å². The van der Waals surface area contributed by atoms with Gasteiger partial charge in [0.05, 0.1) is 6.10 Å². The Morgan fingerprint density at radius 2 is 2.25 bits per heavy atom. The first-order valence-electron chi connectivity index (χ1n) is 4.86. The molecule has 0 aromatic heterocycles. The molecule has 0 unspecified atom stereocenters. The van der Waals surface area contributed by atoms with Crippen LogP contribution >= 0.6 is 0 Å². The number of carboxylic acids is 1. The third-order valence-electron chi connectivity index (χ3n) is 2.63. The van der Waals surface area contributed by atoms with E-state index in [1.807, 2.05) is 0 Å². The van der Waals surface area contributed by atoms with E-state index >= 15 is 0 Å². The van der Waals surface area contributed by atoms with Gasteiger partial charge < -0.3 is 14.9 Å². The van der Waals surface area contributed by atoms with E-state index in [1.54, 1.807) is 6.92 Å². The van der Waals surface area contributed by atoms with E-state index in [0.717, 1.165) is 0 Å². The van der Waals surface area contributed by atoms with Crippen molar-refractivity contribution >= 4 is 5.97 Å². The number of ether oxygens (including phenoxy) is 1. The van der Waals surface area contributed by atoms with Crippen molar-refractivity contribution in [1.82, 2.24) is 0 Å². The number of aliphatic hydroxyl groups excluding tert-OH is 1. The second kappa shape index (κ2) is 3.75. The van der Waals surface area contributed by atoms with E-state index < -0.39 is 24.0 Å². The van der Waals surface area contributed by atoms with Gasteiger partial charge in [-0.3, -0.25) is 0 Å². The number of fused-ring (bicyclic) bond motifs is 1. The first-order valence-corrected chi connectivity index (χ1v) is 4.86. The third kappa shape index (κ3) is 1.74. The van der Waals surface area contributed by atoms with E-state index in [1.165, 1.54) is 12.1 Å². The van der Waals surface area contributed by atoms with Crippen molar-refractivity contribution in [2.24, 2.45) is 0 Å². The van der Waals surface area contributed by atoms with Crippen LogP contribution in [0.3, 0.4) is 0 Å². The Morgan fingerprint density at radius 3 is 2.88 bits per heavy atom. The van der Waals surface area contributed by atoms with Gasteiger partial charge in [0, 0.05) is 12.0 Å². The Labute approximate surface area is 91.3 Å². The zero-order chi connectivity index (χ0) is 11.9. The lowest BCUT2D eigenvalue weighted by molar-refractivity contribution is -0.147. The van der Waals surface area contributed by atoms with Gasteiger partial charge >= 0.3 is 5.97 Å². The molecule has 1 heterocycles. The molecule has 1 aliphatic heterocycles. The van der Waals surface area contributed by atoms with Crippen molar-refractivity contribution in [3.05, 3.63) is 29.1 Å². The van der Waals surface area contributed by atoms with Crippen LogP contribution in [-0.2, 0) is 4.79 Å². The molecule has 2 atom stereocenters. The fourth-order valence-electron chi connectivity index (χ4n) is 1.72. The normalized spacial score (nSPS) is 23.4. The van der Waals surface area contributed by atoms with Crippen LogP contribution < -0.4 is 4.74 Å². The zero-order valence-corrected chi connectivity index (χ0v) is 8.61. The monoisotopic (exact) mass is 226 g/mol. The van der Waals surface area contributed by atoms with Gasteiger partial charge in [0.25, 0.3) is 0 Å². The molecule has 0 fully saturated rings. The summed E-state index contributed by atoms with van der Waals surface area (Å²) in [6, 6.07) is 2.59. The average molecular weight is 226 g/mol. The van der Waals surface area contributed by atoms with Crippen molar-refractivity contribution in [3.63, 3.8) is 0 Å². The maximum atomic E-state index is 13.3. The second-order valence-electron chi connectivity index (χ2n) is 3.84. The van der Waals surface area contributed by atoms with Crippen LogP contribution in [-0.4, -0.2) is 22.3 Å². The number of carboxylic acid groups (broad SMARTS) is 1. The minimum atomic E-state index is -1.13. The maximum absolute atomic E-state index is 13.3. The van der Waals surface area contributed by atoms with Crippen LogP contribution in [0, 0.1) is 12.7 Å². The molecule has 0 saturated heterocycles. The Kier molecular flexibility index (Phi) is 2.55. The van der Waals surface area contributed by atoms with Gasteiger partial charge in [-0.25, -0.2) is 9.18 Å². The molecule has 0 bridgehead atoms.